The molecule has 0 bridgehead atoms. The summed E-state index contributed by atoms with van der Waals surface area (Å²) in [6.07, 6.45) is 2.98. The van der Waals surface area contributed by atoms with E-state index in [9.17, 15) is 9.59 Å². The molecule has 172 valence electrons. The fourth-order valence-corrected chi connectivity index (χ4v) is 5.98. The molecule has 4 heterocycles. The van der Waals surface area contributed by atoms with Gasteiger partial charge >= 0.3 is 0 Å². The third-order valence-electron chi connectivity index (χ3n) is 6.59. The number of nitrogens with one attached hydrogen (secondary N) is 1. The minimum atomic E-state index is -0.534. The van der Waals surface area contributed by atoms with Gasteiger partial charge < -0.3 is 20.5 Å². The second-order valence-electron chi connectivity index (χ2n) is 8.63. The van der Waals surface area contributed by atoms with Crippen LogP contribution in [0.15, 0.2) is 51.8 Å². The summed E-state index contributed by atoms with van der Waals surface area (Å²) in [6.45, 7) is 0.0429. The van der Waals surface area contributed by atoms with Crippen LogP contribution in [-0.4, -0.2) is 48.3 Å². The summed E-state index contributed by atoms with van der Waals surface area (Å²) < 4.78 is 3.32. The molecule has 1 aromatic carbocycles. The number of hydrogen-bond acceptors (Lipinski definition) is 6. The van der Waals surface area contributed by atoms with Gasteiger partial charge in [-0.25, -0.2) is 15.0 Å². The molecule has 9 nitrogen and oxygen atoms in total. The second kappa shape index (κ2) is 8.02. The first-order valence-corrected chi connectivity index (χ1v) is 12.4. The largest absolute Gasteiger partial charge is 0.383 e. The Morgan fingerprint density at radius 2 is 1.94 bits per heavy atom. The van der Waals surface area contributed by atoms with E-state index in [2.05, 4.69) is 52.1 Å². The molecule has 11 heteroatoms. The van der Waals surface area contributed by atoms with Gasteiger partial charge in [0.2, 0.25) is 11.8 Å². The van der Waals surface area contributed by atoms with Gasteiger partial charge in [-0.2, -0.15) is 0 Å². The number of pyridine rings is 1. The Bertz CT molecular complexity index is 1490. The number of aromatic nitrogens is 4. The molecule has 2 aliphatic rings. The molecule has 3 atom stereocenters. The summed E-state index contributed by atoms with van der Waals surface area (Å²) in [5, 5.41) is 4.45. The molecule has 2 amide bonds. The predicted molar refractivity (Wildman–Crippen MR) is 135 cm³/mol. The van der Waals surface area contributed by atoms with E-state index in [0.29, 0.717) is 39.6 Å². The number of halogens is 2. The smallest absolute Gasteiger partial charge is 0.248 e. The number of nitrogens with two attached hydrogens (primary N) is 1. The van der Waals surface area contributed by atoms with Gasteiger partial charge in [0, 0.05) is 15.9 Å². The van der Waals surface area contributed by atoms with E-state index < -0.39 is 6.04 Å². The van der Waals surface area contributed by atoms with E-state index in [1.165, 1.54) is 6.33 Å². The molecule has 3 N–H and O–H groups in total. The molecule has 34 heavy (non-hydrogen) atoms. The molecule has 0 unspecified atom stereocenters. The van der Waals surface area contributed by atoms with E-state index in [4.69, 9.17) is 5.73 Å². The van der Waals surface area contributed by atoms with E-state index in [0.717, 1.165) is 21.8 Å². The van der Waals surface area contributed by atoms with Crippen LogP contribution in [-0.2, 0) is 16.1 Å². The van der Waals surface area contributed by atoms with Gasteiger partial charge in [-0.3, -0.25) is 9.59 Å². The van der Waals surface area contributed by atoms with Crippen LogP contribution in [0.3, 0.4) is 0 Å². The van der Waals surface area contributed by atoms with Crippen molar-refractivity contribution in [2.45, 2.75) is 31.5 Å². The van der Waals surface area contributed by atoms with Crippen LogP contribution in [0.2, 0.25) is 0 Å². The van der Waals surface area contributed by atoms with E-state index in [-0.39, 0.29) is 24.4 Å². The van der Waals surface area contributed by atoms with Gasteiger partial charge in [0.15, 0.2) is 0 Å². The first-order valence-electron chi connectivity index (χ1n) is 10.8. The second-order valence-corrected chi connectivity index (χ2v) is 10.3. The first-order chi connectivity index (χ1) is 16.4. The lowest BCUT2D eigenvalue weighted by atomic mass is 10.1. The van der Waals surface area contributed by atoms with Crippen molar-refractivity contribution in [2.75, 3.05) is 11.1 Å². The van der Waals surface area contributed by atoms with Gasteiger partial charge in [0.1, 0.15) is 40.8 Å². The Labute approximate surface area is 211 Å². The fraction of sp³-hybridized carbons (Fsp3) is 0.261. The highest BCUT2D eigenvalue weighted by atomic mass is 79.9. The number of benzene rings is 1. The standard InChI is InChI=1S/C23H19Br2N7O2/c24-13-4-1-3-12-19-21(26)27-10-28-22(19)31(20(12)13)9-18(33)32-14-7-11(14)8-15(32)23(34)30-17-6-2-5-16(25)29-17/h1-6,10-11,14-15H,7-9H2,(H2,26,27,28)(H,29,30,34)/t11-,14-,15+/m1/s1. The summed E-state index contributed by atoms with van der Waals surface area (Å²) >= 11 is 6.93. The van der Waals surface area contributed by atoms with Gasteiger partial charge in [0.05, 0.1) is 10.9 Å². The number of amides is 2. The third kappa shape index (κ3) is 3.45. The Hall–Kier alpha value is -3.05. The highest BCUT2D eigenvalue weighted by Gasteiger charge is 2.56. The van der Waals surface area contributed by atoms with Gasteiger partial charge in [-0.15, -0.1) is 0 Å². The maximum Gasteiger partial charge on any atom is 0.248 e. The Morgan fingerprint density at radius 1 is 1.12 bits per heavy atom. The van der Waals surface area contributed by atoms with Crippen molar-refractivity contribution in [2.24, 2.45) is 5.92 Å². The summed E-state index contributed by atoms with van der Waals surface area (Å²) in [5.74, 6) is 0.825. The van der Waals surface area contributed by atoms with Crippen molar-refractivity contribution in [3.8, 4) is 0 Å². The minimum Gasteiger partial charge on any atom is -0.383 e. The van der Waals surface area contributed by atoms with Crippen LogP contribution in [0, 0.1) is 5.92 Å². The number of rotatable bonds is 4. The molecule has 0 spiro atoms. The summed E-state index contributed by atoms with van der Waals surface area (Å²) in [6, 6.07) is 10.6. The van der Waals surface area contributed by atoms with Crippen molar-refractivity contribution >= 4 is 77.2 Å². The lowest BCUT2D eigenvalue weighted by Gasteiger charge is -2.27. The topological polar surface area (TPSA) is 119 Å². The molecule has 3 aromatic heterocycles. The van der Waals surface area contributed by atoms with E-state index in [1.54, 1.807) is 23.1 Å². The minimum absolute atomic E-state index is 0.0429. The average molecular weight is 585 g/mol. The summed E-state index contributed by atoms with van der Waals surface area (Å²) in [4.78, 5) is 41.4. The average Bonchev–Trinajstić information content (AvgIpc) is 3.33. The Morgan fingerprint density at radius 3 is 2.76 bits per heavy atom. The van der Waals surface area contributed by atoms with Gasteiger partial charge in [-0.1, -0.05) is 18.2 Å². The highest BCUT2D eigenvalue weighted by Crippen LogP contribution is 2.48. The number of hydrogen-bond donors (Lipinski definition) is 2. The summed E-state index contributed by atoms with van der Waals surface area (Å²) in [7, 11) is 0. The molecule has 1 saturated carbocycles. The van der Waals surface area contributed by atoms with Crippen molar-refractivity contribution in [1.82, 2.24) is 24.4 Å². The number of anilines is 2. The van der Waals surface area contributed by atoms with Crippen LogP contribution in [0.1, 0.15) is 12.8 Å². The molecule has 1 aliphatic carbocycles. The van der Waals surface area contributed by atoms with Crippen LogP contribution in [0.4, 0.5) is 11.6 Å². The molecule has 6 rings (SSSR count). The lowest BCUT2D eigenvalue weighted by Crippen LogP contribution is -2.46. The number of nitrogen functional groups attached to an aromatic ring is 1. The number of carbonyl (C=O) groups excluding carboxylic acids is 2. The number of nitrogens with zero attached hydrogens (tertiary/aromatic N) is 5. The van der Waals surface area contributed by atoms with Crippen molar-refractivity contribution in [3.63, 3.8) is 0 Å². The monoisotopic (exact) mass is 583 g/mol. The molecular weight excluding hydrogens is 566 g/mol. The Kier molecular flexibility index (Phi) is 5.07. The number of piperidine rings is 1. The maximum absolute atomic E-state index is 13.7. The third-order valence-corrected chi connectivity index (χ3v) is 7.67. The molecule has 4 aromatic rings. The van der Waals surface area contributed by atoms with Crippen molar-refractivity contribution in [1.29, 1.82) is 0 Å². The molecule has 0 radical (unpaired) electrons. The van der Waals surface area contributed by atoms with Crippen LogP contribution in [0.25, 0.3) is 21.9 Å². The zero-order valence-electron chi connectivity index (χ0n) is 17.8. The van der Waals surface area contributed by atoms with Gasteiger partial charge in [-0.05, 0) is 68.8 Å². The number of carbonyl (C=O) groups is 2. The van der Waals surface area contributed by atoms with Gasteiger partial charge in [0.25, 0.3) is 0 Å². The van der Waals surface area contributed by atoms with E-state index in [1.807, 2.05) is 22.8 Å². The molecule has 2 fully saturated rings. The quantitative estimate of drug-likeness (QED) is 0.353. The molecular formula is C23H19Br2N7O2. The number of para-hydroxylation sites is 1. The highest BCUT2D eigenvalue weighted by molar-refractivity contribution is 9.10. The molecule has 1 aliphatic heterocycles. The predicted octanol–water partition coefficient (Wildman–Crippen LogP) is 3.71. The number of fused-ring (bicyclic) bond motifs is 4. The van der Waals surface area contributed by atoms with Crippen LogP contribution >= 0.6 is 31.9 Å². The fourth-order valence-electron chi connectivity index (χ4n) is 5.06. The van der Waals surface area contributed by atoms with Crippen LogP contribution < -0.4 is 11.1 Å². The van der Waals surface area contributed by atoms with Crippen molar-refractivity contribution < 1.29 is 9.59 Å². The zero-order chi connectivity index (χ0) is 23.6. The normalized spacial score (nSPS) is 21.1. The molecule has 1 saturated heterocycles. The SMILES string of the molecule is Nc1ncnc2c1c1cccc(Br)c1n2CC(=O)N1[C@@H]2C[C@@H]2C[C@H]1C(=O)Nc1cccc(Br)n1. The lowest BCUT2D eigenvalue weighted by molar-refractivity contribution is -0.138. The van der Waals surface area contributed by atoms with Crippen molar-refractivity contribution in [3.05, 3.63) is 51.8 Å². The zero-order valence-corrected chi connectivity index (χ0v) is 21.0. The number of likely N-dealkylation sites (tertiary alicyclic amines) is 1. The first kappa shape index (κ1) is 21.5. The van der Waals surface area contributed by atoms with E-state index >= 15 is 0 Å². The summed E-state index contributed by atoms with van der Waals surface area (Å²) in [5.41, 5.74) is 7.59. The maximum atomic E-state index is 13.7. The Balaban J connectivity index is 1.34. The van der Waals surface area contributed by atoms with Crippen LogP contribution in [0.5, 0.6) is 0 Å².